The summed E-state index contributed by atoms with van der Waals surface area (Å²) in [6.45, 7) is 1.99. The number of hydrogen-bond donors (Lipinski definition) is 1. The Labute approximate surface area is 202 Å². The van der Waals surface area contributed by atoms with E-state index in [-0.39, 0.29) is 42.8 Å². The van der Waals surface area contributed by atoms with Gasteiger partial charge in [-0.1, -0.05) is 18.2 Å². The predicted molar refractivity (Wildman–Crippen MR) is 118 cm³/mol. The fraction of sp³-hybridized carbons (Fsp3) is 0.542. The second kappa shape index (κ2) is 13.7. The molecule has 11 nitrogen and oxygen atoms in total. The van der Waals surface area contributed by atoms with Crippen LogP contribution >= 0.6 is 0 Å². The first-order chi connectivity index (χ1) is 16.7. The van der Waals surface area contributed by atoms with Gasteiger partial charge in [0.15, 0.2) is 24.6 Å². The van der Waals surface area contributed by atoms with Gasteiger partial charge in [0.1, 0.15) is 17.7 Å². The zero-order chi connectivity index (χ0) is 26.0. The van der Waals surface area contributed by atoms with Crippen LogP contribution in [-0.2, 0) is 42.9 Å². The maximum Gasteiger partial charge on any atom is 0.338 e. The largest absolute Gasteiger partial charge is 0.454 e. The maximum atomic E-state index is 12.8. The first-order valence-corrected chi connectivity index (χ1v) is 11.1. The molecule has 1 fully saturated rings. The quantitative estimate of drug-likeness (QED) is 0.329. The molecule has 1 aromatic carbocycles. The number of ether oxygens (including phenoxy) is 5. The molecule has 0 amide bonds. The number of esters is 3. The van der Waals surface area contributed by atoms with E-state index in [9.17, 15) is 29.1 Å². The maximum absolute atomic E-state index is 12.8. The number of aliphatic hydroxyl groups is 1. The van der Waals surface area contributed by atoms with Crippen molar-refractivity contribution in [3.05, 3.63) is 35.9 Å². The summed E-state index contributed by atoms with van der Waals surface area (Å²) in [6, 6.07) is 7.96. The second-order valence-corrected chi connectivity index (χ2v) is 8.01. The summed E-state index contributed by atoms with van der Waals surface area (Å²) in [7, 11) is 1.25. The molecule has 0 unspecified atom stereocenters. The van der Waals surface area contributed by atoms with Crippen molar-refractivity contribution in [2.75, 3.05) is 13.7 Å². The number of rotatable bonds is 12. The van der Waals surface area contributed by atoms with Crippen molar-refractivity contribution >= 4 is 29.5 Å². The van der Waals surface area contributed by atoms with E-state index in [1.165, 1.54) is 33.1 Å². The van der Waals surface area contributed by atoms with Crippen LogP contribution < -0.4 is 0 Å². The third-order valence-electron chi connectivity index (χ3n) is 5.15. The van der Waals surface area contributed by atoms with Gasteiger partial charge in [0.2, 0.25) is 0 Å². The molecular weight excluding hydrogens is 464 g/mol. The minimum absolute atomic E-state index is 0.0706. The van der Waals surface area contributed by atoms with Crippen LogP contribution in [0.1, 0.15) is 49.9 Å². The van der Waals surface area contributed by atoms with Crippen LogP contribution in [0.2, 0.25) is 0 Å². The van der Waals surface area contributed by atoms with E-state index >= 15 is 0 Å². The van der Waals surface area contributed by atoms with Crippen molar-refractivity contribution in [3.8, 4) is 0 Å². The van der Waals surface area contributed by atoms with Crippen LogP contribution in [-0.4, -0.2) is 79.0 Å². The van der Waals surface area contributed by atoms with E-state index in [0.717, 1.165) is 0 Å². The first kappa shape index (κ1) is 28.1. The standard InChI is InChI=1S/C24H30O11/c1-14(26)9-11-18(28)33-21-20(35-23(30)16-7-5-4-6-8-16)17(13-25)32-24(31-3)22(21)34-19(29)12-10-15(2)27/h4-8,17,20-22,24-25H,9-13H2,1-3H3/t17-,20-,21+,22-,24+/m1/s1. The molecule has 2 rings (SSSR count). The number of carbonyl (C=O) groups excluding carboxylic acids is 5. The van der Waals surface area contributed by atoms with E-state index in [0.29, 0.717) is 0 Å². The molecule has 1 heterocycles. The monoisotopic (exact) mass is 494 g/mol. The van der Waals surface area contributed by atoms with Gasteiger partial charge in [-0.2, -0.15) is 0 Å². The summed E-state index contributed by atoms with van der Waals surface area (Å²) in [6.07, 6.45) is -7.35. The molecule has 35 heavy (non-hydrogen) atoms. The molecule has 11 heteroatoms. The highest BCUT2D eigenvalue weighted by molar-refractivity contribution is 5.89. The van der Waals surface area contributed by atoms with Gasteiger partial charge in [0.05, 0.1) is 25.0 Å². The van der Waals surface area contributed by atoms with Gasteiger partial charge in [-0.3, -0.25) is 9.59 Å². The molecule has 0 bridgehead atoms. The molecule has 5 atom stereocenters. The molecule has 1 saturated heterocycles. The van der Waals surface area contributed by atoms with E-state index in [1.807, 2.05) is 0 Å². The van der Waals surface area contributed by atoms with Gasteiger partial charge in [-0.15, -0.1) is 0 Å². The number of carbonyl (C=O) groups is 5. The lowest BCUT2D eigenvalue weighted by molar-refractivity contribution is -0.299. The van der Waals surface area contributed by atoms with Crippen molar-refractivity contribution < 1.29 is 52.8 Å². The molecular formula is C24H30O11. The fourth-order valence-electron chi connectivity index (χ4n) is 3.36. The van der Waals surface area contributed by atoms with Crippen molar-refractivity contribution in [2.45, 2.75) is 70.2 Å². The Balaban J connectivity index is 2.35. The smallest absolute Gasteiger partial charge is 0.338 e. The molecule has 0 aromatic heterocycles. The summed E-state index contributed by atoms with van der Waals surface area (Å²) in [5, 5.41) is 9.90. The van der Waals surface area contributed by atoms with E-state index in [2.05, 4.69) is 0 Å². The van der Waals surface area contributed by atoms with Gasteiger partial charge in [-0.25, -0.2) is 4.79 Å². The molecule has 192 valence electrons. The van der Waals surface area contributed by atoms with Gasteiger partial charge in [0.25, 0.3) is 0 Å². The molecule has 0 saturated carbocycles. The zero-order valence-corrected chi connectivity index (χ0v) is 19.8. The van der Waals surface area contributed by atoms with Crippen molar-refractivity contribution in [3.63, 3.8) is 0 Å². The minimum atomic E-state index is -1.43. The summed E-state index contributed by atoms with van der Waals surface area (Å²) >= 11 is 0. The Hall–Kier alpha value is -3.15. The van der Waals surface area contributed by atoms with Crippen LogP contribution in [0.5, 0.6) is 0 Å². The normalized spacial score (nSPS) is 23.7. The Morgan fingerprint density at radius 3 is 1.83 bits per heavy atom. The van der Waals surface area contributed by atoms with E-state index < -0.39 is 55.2 Å². The Morgan fingerprint density at radius 2 is 1.34 bits per heavy atom. The second-order valence-electron chi connectivity index (χ2n) is 8.01. The first-order valence-electron chi connectivity index (χ1n) is 11.1. The molecule has 0 spiro atoms. The SMILES string of the molecule is CO[C@H]1O[C@H](CO)[C@@H](OC(=O)c2ccccc2)[C@H](OC(=O)CCC(C)=O)[C@H]1OC(=O)CCC(C)=O. The lowest BCUT2D eigenvalue weighted by Gasteiger charge is -2.43. The molecule has 1 aliphatic heterocycles. The predicted octanol–water partition coefficient (Wildman–Crippen LogP) is 1.14. The van der Waals surface area contributed by atoms with Crippen LogP contribution in [0.25, 0.3) is 0 Å². The highest BCUT2D eigenvalue weighted by Gasteiger charge is 2.52. The molecule has 1 N–H and O–H groups in total. The fourth-order valence-corrected chi connectivity index (χ4v) is 3.36. The average molecular weight is 494 g/mol. The van der Waals surface area contributed by atoms with Crippen LogP contribution in [0.4, 0.5) is 0 Å². The average Bonchev–Trinajstić information content (AvgIpc) is 2.83. The van der Waals surface area contributed by atoms with Crippen LogP contribution in [0.3, 0.4) is 0 Å². The van der Waals surface area contributed by atoms with E-state index in [4.69, 9.17) is 23.7 Å². The Morgan fingerprint density at radius 1 is 0.800 bits per heavy atom. The molecule has 1 aromatic rings. The number of aliphatic hydroxyl groups excluding tert-OH is 1. The molecule has 1 aliphatic rings. The van der Waals surface area contributed by atoms with Crippen LogP contribution in [0.15, 0.2) is 30.3 Å². The Bertz CT molecular complexity index is 898. The number of hydrogen-bond acceptors (Lipinski definition) is 11. The van der Waals surface area contributed by atoms with Gasteiger partial charge in [0, 0.05) is 20.0 Å². The summed E-state index contributed by atoms with van der Waals surface area (Å²) in [5.74, 6) is -2.87. The van der Waals surface area contributed by atoms with Crippen molar-refractivity contribution in [2.24, 2.45) is 0 Å². The molecule has 0 aliphatic carbocycles. The number of Topliss-reactive ketones (excluding diaryl/α,β-unsaturated/α-hetero) is 2. The highest BCUT2D eigenvalue weighted by atomic mass is 16.7. The van der Waals surface area contributed by atoms with Crippen LogP contribution in [0, 0.1) is 0 Å². The van der Waals surface area contributed by atoms with Gasteiger partial charge in [-0.05, 0) is 26.0 Å². The third-order valence-corrected chi connectivity index (χ3v) is 5.15. The Kier molecular flexibility index (Phi) is 11.0. The van der Waals surface area contributed by atoms with E-state index in [1.54, 1.807) is 18.2 Å². The summed E-state index contributed by atoms with van der Waals surface area (Å²) in [5.41, 5.74) is 0.190. The summed E-state index contributed by atoms with van der Waals surface area (Å²) in [4.78, 5) is 60.2. The van der Waals surface area contributed by atoms with Gasteiger partial charge >= 0.3 is 17.9 Å². The van der Waals surface area contributed by atoms with Crippen molar-refractivity contribution in [1.29, 1.82) is 0 Å². The van der Waals surface area contributed by atoms with Crippen molar-refractivity contribution in [1.82, 2.24) is 0 Å². The number of methoxy groups -OCH3 is 1. The highest BCUT2D eigenvalue weighted by Crippen LogP contribution is 2.30. The zero-order valence-electron chi connectivity index (χ0n) is 19.8. The summed E-state index contributed by atoms with van der Waals surface area (Å²) < 4.78 is 27.4. The topological polar surface area (TPSA) is 152 Å². The minimum Gasteiger partial charge on any atom is -0.454 e. The number of benzene rings is 1. The third kappa shape index (κ3) is 8.53. The lowest BCUT2D eigenvalue weighted by Crippen LogP contribution is -2.62. The lowest BCUT2D eigenvalue weighted by atomic mass is 9.98. The van der Waals surface area contributed by atoms with Gasteiger partial charge < -0.3 is 38.4 Å². The number of ketones is 2. The molecule has 0 radical (unpaired) electrons.